The number of hydrogen-bond donors (Lipinski definition) is 1. The SMILES string of the molecule is CCCCn1c(SCC(=O)Nc2c(C)cc(C)cc2C)nnc1-c1ccc(OC)cc1. The summed E-state index contributed by atoms with van der Waals surface area (Å²) in [6.45, 7) is 9.07. The molecule has 0 saturated heterocycles. The van der Waals surface area contributed by atoms with Crippen LogP contribution in [-0.2, 0) is 11.3 Å². The van der Waals surface area contributed by atoms with Crippen LogP contribution >= 0.6 is 11.8 Å². The second-order valence-corrected chi connectivity index (χ2v) is 8.59. The van der Waals surface area contributed by atoms with Gasteiger partial charge in [0, 0.05) is 17.8 Å². The lowest BCUT2D eigenvalue weighted by Crippen LogP contribution is -2.16. The lowest BCUT2D eigenvalue weighted by molar-refractivity contribution is -0.113. The van der Waals surface area contributed by atoms with E-state index in [2.05, 4.69) is 46.1 Å². The van der Waals surface area contributed by atoms with Crippen LogP contribution in [-0.4, -0.2) is 33.5 Å². The summed E-state index contributed by atoms with van der Waals surface area (Å²) in [5.41, 5.74) is 5.21. The van der Waals surface area contributed by atoms with Gasteiger partial charge in [-0.15, -0.1) is 10.2 Å². The van der Waals surface area contributed by atoms with E-state index < -0.39 is 0 Å². The van der Waals surface area contributed by atoms with Crippen LogP contribution in [0.1, 0.15) is 36.5 Å². The van der Waals surface area contributed by atoms with Gasteiger partial charge in [-0.1, -0.05) is 42.8 Å². The van der Waals surface area contributed by atoms with Crippen LogP contribution in [0.4, 0.5) is 5.69 Å². The van der Waals surface area contributed by atoms with Gasteiger partial charge in [0.05, 0.1) is 12.9 Å². The summed E-state index contributed by atoms with van der Waals surface area (Å²) >= 11 is 1.42. The fraction of sp³-hybridized carbons (Fsp3) is 0.375. The van der Waals surface area contributed by atoms with E-state index in [0.717, 1.165) is 58.5 Å². The maximum absolute atomic E-state index is 12.6. The van der Waals surface area contributed by atoms with Crippen LogP contribution in [0.2, 0.25) is 0 Å². The quantitative estimate of drug-likeness (QED) is 0.452. The Hall–Kier alpha value is -2.80. The predicted molar refractivity (Wildman–Crippen MR) is 127 cm³/mol. The van der Waals surface area contributed by atoms with E-state index in [0.29, 0.717) is 0 Å². The van der Waals surface area contributed by atoms with Crippen LogP contribution in [0.3, 0.4) is 0 Å². The first-order valence-corrected chi connectivity index (χ1v) is 11.5. The number of ether oxygens (including phenoxy) is 1. The van der Waals surface area contributed by atoms with Crippen LogP contribution < -0.4 is 10.1 Å². The van der Waals surface area contributed by atoms with Gasteiger partial charge in [0.25, 0.3) is 0 Å². The van der Waals surface area contributed by atoms with Gasteiger partial charge in [-0.05, 0) is 62.6 Å². The van der Waals surface area contributed by atoms with Gasteiger partial charge in [-0.25, -0.2) is 0 Å². The highest BCUT2D eigenvalue weighted by atomic mass is 32.2. The Morgan fingerprint density at radius 1 is 1.10 bits per heavy atom. The molecule has 6 nitrogen and oxygen atoms in total. The number of carbonyl (C=O) groups excluding carboxylic acids is 1. The summed E-state index contributed by atoms with van der Waals surface area (Å²) < 4.78 is 7.35. The second kappa shape index (κ2) is 10.5. The lowest BCUT2D eigenvalue weighted by atomic mass is 10.1. The zero-order chi connectivity index (χ0) is 22.4. The summed E-state index contributed by atoms with van der Waals surface area (Å²) in [5.74, 6) is 1.84. The van der Waals surface area contributed by atoms with Crippen LogP contribution in [0.15, 0.2) is 41.6 Å². The van der Waals surface area contributed by atoms with Crippen molar-refractivity contribution in [1.29, 1.82) is 0 Å². The number of carbonyl (C=O) groups is 1. The number of methoxy groups -OCH3 is 1. The monoisotopic (exact) mass is 438 g/mol. The topological polar surface area (TPSA) is 69.0 Å². The Kier molecular flexibility index (Phi) is 7.74. The molecule has 1 heterocycles. The first-order valence-electron chi connectivity index (χ1n) is 10.5. The third kappa shape index (κ3) is 5.67. The fourth-order valence-electron chi connectivity index (χ4n) is 3.55. The number of unbranched alkanes of at least 4 members (excludes halogenated alkanes) is 1. The Bertz CT molecular complexity index is 1020. The van der Waals surface area contributed by atoms with Gasteiger partial charge >= 0.3 is 0 Å². The van der Waals surface area contributed by atoms with E-state index in [1.165, 1.54) is 17.3 Å². The Labute approximate surface area is 188 Å². The third-order valence-electron chi connectivity index (χ3n) is 5.07. The van der Waals surface area contributed by atoms with Gasteiger partial charge in [0.2, 0.25) is 5.91 Å². The molecule has 0 aliphatic rings. The second-order valence-electron chi connectivity index (χ2n) is 7.65. The van der Waals surface area contributed by atoms with Crippen molar-refractivity contribution < 1.29 is 9.53 Å². The number of hydrogen-bond acceptors (Lipinski definition) is 5. The molecule has 0 bridgehead atoms. The Morgan fingerprint density at radius 2 is 1.77 bits per heavy atom. The van der Waals surface area contributed by atoms with E-state index in [1.54, 1.807) is 7.11 Å². The highest BCUT2D eigenvalue weighted by Crippen LogP contribution is 2.27. The largest absolute Gasteiger partial charge is 0.497 e. The van der Waals surface area contributed by atoms with Crippen molar-refractivity contribution in [3.05, 3.63) is 53.1 Å². The van der Waals surface area contributed by atoms with Crippen molar-refractivity contribution in [3.8, 4) is 17.1 Å². The summed E-state index contributed by atoms with van der Waals surface area (Å²) in [6, 6.07) is 12.0. The normalized spacial score (nSPS) is 10.9. The van der Waals surface area contributed by atoms with Crippen molar-refractivity contribution >= 4 is 23.4 Å². The van der Waals surface area contributed by atoms with Gasteiger partial charge in [0.1, 0.15) is 5.75 Å². The minimum atomic E-state index is -0.0453. The Balaban J connectivity index is 1.75. The first-order chi connectivity index (χ1) is 14.9. The van der Waals surface area contributed by atoms with Crippen LogP contribution in [0.5, 0.6) is 5.75 Å². The van der Waals surface area contributed by atoms with Gasteiger partial charge in [-0.3, -0.25) is 4.79 Å². The van der Waals surface area contributed by atoms with Crippen LogP contribution in [0, 0.1) is 20.8 Å². The van der Waals surface area contributed by atoms with Crippen molar-refractivity contribution in [2.75, 3.05) is 18.2 Å². The molecular weight excluding hydrogens is 408 g/mol. The van der Waals surface area contributed by atoms with E-state index in [1.807, 2.05) is 38.1 Å². The molecule has 0 unspecified atom stereocenters. The summed E-state index contributed by atoms with van der Waals surface area (Å²) in [7, 11) is 1.65. The van der Waals surface area contributed by atoms with Gasteiger partial charge < -0.3 is 14.6 Å². The molecule has 1 amide bonds. The molecule has 0 radical (unpaired) electrons. The third-order valence-corrected chi connectivity index (χ3v) is 6.04. The number of thioether (sulfide) groups is 1. The maximum Gasteiger partial charge on any atom is 0.234 e. The first kappa shape index (κ1) is 22.9. The fourth-order valence-corrected chi connectivity index (χ4v) is 4.31. The highest BCUT2D eigenvalue weighted by Gasteiger charge is 2.16. The average molecular weight is 439 g/mol. The van der Waals surface area contributed by atoms with Crippen molar-refractivity contribution in [2.24, 2.45) is 0 Å². The number of nitrogens with one attached hydrogen (secondary N) is 1. The van der Waals surface area contributed by atoms with Gasteiger partial charge in [0.15, 0.2) is 11.0 Å². The van der Waals surface area contributed by atoms with Crippen LogP contribution in [0.25, 0.3) is 11.4 Å². The Morgan fingerprint density at radius 3 is 2.39 bits per heavy atom. The number of nitrogens with zero attached hydrogens (tertiary/aromatic N) is 3. The molecule has 1 aromatic heterocycles. The van der Waals surface area contributed by atoms with Gasteiger partial charge in [-0.2, -0.15) is 0 Å². The average Bonchev–Trinajstić information content (AvgIpc) is 3.16. The number of anilines is 1. The molecule has 2 aromatic carbocycles. The maximum atomic E-state index is 12.6. The zero-order valence-electron chi connectivity index (χ0n) is 18.9. The molecule has 0 spiro atoms. The molecule has 1 N–H and O–H groups in total. The highest BCUT2D eigenvalue weighted by molar-refractivity contribution is 7.99. The minimum Gasteiger partial charge on any atom is -0.497 e. The molecule has 0 atom stereocenters. The molecule has 31 heavy (non-hydrogen) atoms. The standard InChI is InChI=1S/C24H30N4O2S/c1-6-7-12-28-23(19-8-10-20(30-5)11-9-19)26-27-24(28)31-15-21(29)25-22-17(3)13-16(2)14-18(22)4/h8-11,13-14H,6-7,12,15H2,1-5H3,(H,25,29). The smallest absolute Gasteiger partial charge is 0.234 e. The zero-order valence-corrected chi connectivity index (χ0v) is 19.7. The molecule has 3 rings (SSSR count). The molecule has 7 heteroatoms. The van der Waals surface area contributed by atoms with Crippen molar-refractivity contribution in [1.82, 2.24) is 14.8 Å². The summed E-state index contributed by atoms with van der Waals surface area (Å²) in [6.07, 6.45) is 2.08. The molecule has 0 fully saturated rings. The van der Waals surface area contributed by atoms with E-state index in [-0.39, 0.29) is 11.7 Å². The van der Waals surface area contributed by atoms with E-state index >= 15 is 0 Å². The predicted octanol–water partition coefficient (Wildman–Crippen LogP) is 5.41. The molecular formula is C24H30N4O2S. The van der Waals surface area contributed by atoms with E-state index in [9.17, 15) is 4.79 Å². The summed E-state index contributed by atoms with van der Waals surface area (Å²) in [5, 5.41) is 12.6. The van der Waals surface area contributed by atoms with E-state index in [4.69, 9.17) is 4.74 Å². The number of benzene rings is 2. The molecule has 3 aromatic rings. The molecule has 0 saturated carbocycles. The number of aryl methyl sites for hydroxylation is 3. The lowest BCUT2D eigenvalue weighted by Gasteiger charge is -2.13. The molecule has 164 valence electrons. The summed E-state index contributed by atoms with van der Waals surface area (Å²) in [4.78, 5) is 12.6. The van der Waals surface area contributed by atoms with Crippen molar-refractivity contribution in [3.63, 3.8) is 0 Å². The number of amides is 1. The molecule has 0 aliphatic carbocycles. The molecule has 0 aliphatic heterocycles. The number of rotatable bonds is 9. The minimum absolute atomic E-state index is 0.0453. The number of aromatic nitrogens is 3. The van der Waals surface area contributed by atoms with Crippen molar-refractivity contribution in [2.45, 2.75) is 52.2 Å².